The van der Waals surface area contributed by atoms with Crippen LogP contribution in [0.5, 0.6) is 0 Å². The lowest BCUT2D eigenvalue weighted by Crippen LogP contribution is -2.29. The quantitative estimate of drug-likeness (QED) is 0.923. The number of aromatic nitrogens is 2. The lowest BCUT2D eigenvalue weighted by atomic mass is 10.3. The van der Waals surface area contributed by atoms with Crippen LogP contribution in [-0.2, 0) is 0 Å². The molecule has 0 spiro atoms. The molecule has 3 rings (SSSR count). The molecule has 1 amide bonds. The Morgan fingerprint density at radius 1 is 1.43 bits per heavy atom. The lowest BCUT2D eigenvalue weighted by molar-refractivity contribution is 0.0759. The van der Waals surface area contributed by atoms with Gasteiger partial charge in [-0.3, -0.25) is 4.79 Å². The number of benzene rings is 1. The highest BCUT2D eigenvalue weighted by atomic mass is 35.5. The Morgan fingerprint density at radius 3 is 2.86 bits per heavy atom. The number of carbonyl (C=O) groups excluding carboxylic acids is 1. The van der Waals surface area contributed by atoms with E-state index in [1.165, 1.54) is 0 Å². The minimum Gasteiger partial charge on any atom is -0.391 e. The van der Waals surface area contributed by atoms with Crippen molar-refractivity contribution in [2.75, 3.05) is 13.1 Å². The maximum Gasteiger partial charge on any atom is 0.274 e. The molecule has 0 bridgehead atoms. The summed E-state index contributed by atoms with van der Waals surface area (Å²) in [5, 5.41) is 14.5. The van der Waals surface area contributed by atoms with Crippen LogP contribution in [0.4, 0.5) is 0 Å². The van der Waals surface area contributed by atoms with Gasteiger partial charge in [-0.2, -0.15) is 5.10 Å². The molecule has 0 saturated carbocycles. The van der Waals surface area contributed by atoms with Crippen molar-refractivity contribution in [3.63, 3.8) is 0 Å². The molecule has 110 valence electrons. The Balaban J connectivity index is 1.91. The number of carbonyl (C=O) groups is 1. The highest BCUT2D eigenvalue weighted by molar-refractivity contribution is 6.32. The smallest absolute Gasteiger partial charge is 0.274 e. The molecular weight excluding hydrogens is 290 g/mol. The topological polar surface area (TPSA) is 58.4 Å². The van der Waals surface area contributed by atoms with Crippen LogP contribution < -0.4 is 0 Å². The molecule has 2 aromatic rings. The van der Waals surface area contributed by atoms with Crippen LogP contribution >= 0.6 is 11.6 Å². The number of β-amino-alcohol motifs (C(OH)–C–C–N with tert-alkyl or cyclic N) is 1. The number of rotatable bonds is 2. The summed E-state index contributed by atoms with van der Waals surface area (Å²) in [5.41, 5.74) is 1.96. The number of aliphatic hydroxyl groups is 1. The van der Waals surface area contributed by atoms with E-state index in [2.05, 4.69) is 5.10 Å². The molecule has 0 aliphatic carbocycles. The second-order valence-corrected chi connectivity index (χ2v) is 5.64. The van der Waals surface area contributed by atoms with Crippen LogP contribution in [0.3, 0.4) is 0 Å². The summed E-state index contributed by atoms with van der Waals surface area (Å²) in [4.78, 5) is 14.0. The molecule has 1 aromatic heterocycles. The minimum atomic E-state index is -0.430. The number of hydrogen-bond donors (Lipinski definition) is 1. The van der Waals surface area contributed by atoms with E-state index in [4.69, 9.17) is 11.6 Å². The van der Waals surface area contributed by atoms with E-state index in [0.29, 0.717) is 30.2 Å². The van der Waals surface area contributed by atoms with E-state index in [1.807, 2.05) is 25.1 Å². The average molecular weight is 306 g/mol. The van der Waals surface area contributed by atoms with E-state index in [9.17, 15) is 9.90 Å². The van der Waals surface area contributed by atoms with Crippen molar-refractivity contribution >= 4 is 17.5 Å². The first-order valence-electron chi connectivity index (χ1n) is 6.85. The fraction of sp³-hybridized carbons (Fsp3) is 0.333. The molecule has 1 saturated heterocycles. The number of amides is 1. The van der Waals surface area contributed by atoms with Crippen molar-refractivity contribution in [3.8, 4) is 5.69 Å². The maximum atomic E-state index is 12.4. The first kappa shape index (κ1) is 14.1. The van der Waals surface area contributed by atoms with Gasteiger partial charge in [0.2, 0.25) is 0 Å². The van der Waals surface area contributed by atoms with Gasteiger partial charge in [0.1, 0.15) is 0 Å². The van der Waals surface area contributed by atoms with Crippen molar-refractivity contribution in [2.24, 2.45) is 0 Å². The Hall–Kier alpha value is -1.85. The van der Waals surface area contributed by atoms with Gasteiger partial charge in [-0.05, 0) is 31.5 Å². The molecule has 21 heavy (non-hydrogen) atoms. The third kappa shape index (κ3) is 2.66. The van der Waals surface area contributed by atoms with Crippen molar-refractivity contribution in [3.05, 3.63) is 46.7 Å². The third-order valence-electron chi connectivity index (χ3n) is 3.64. The normalized spacial score (nSPS) is 18.2. The number of hydrogen-bond acceptors (Lipinski definition) is 3. The van der Waals surface area contributed by atoms with Gasteiger partial charge >= 0.3 is 0 Å². The molecule has 0 radical (unpaired) electrons. The van der Waals surface area contributed by atoms with Crippen LogP contribution in [0.1, 0.15) is 22.6 Å². The van der Waals surface area contributed by atoms with Crippen molar-refractivity contribution in [1.82, 2.24) is 14.7 Å². The van der Waals surface area contributed by atoms with Crippen LogP contribution in [0, 0.1) is 6.92 Å². The summed E-state index contributed by atoms with van der Waals surface area (Å²) in [7, 11) is 0. The fourth-order valence-corrected chi connectivity index (χ4v) is 2.75. The van der Waals surface area contributed by atoms with E-state index in [-0.39, 0.29) is 5.91 Å². The largest absolute Gasteiger partial charge is 0.391 e. The second-order valence-electron chi connectivity index (χ2n) is 5.23. The molecule has 6 heteroatoms. The number of nitrogens with zero attached hydrogens (tertiary/aromatic N) is 3. The zero-order valence-electron chi connectivity index (χ0n) is 11.7. The Morgan fingerprint density at radius 2 is 2.19 bits per heavy atom. The molecule has 1 aliphatic rings. The van der Waals surface area contributed by atoms with Gasteiger partial charge in [-0.25, -0.2) is 4.68 Å². The standard InChI is InChI=1S/C15H16ClN3O2/c1-10-8-13(15(21)18-7-6-11(20)9-18)17-19(10)14-5-3-2-4-12(14)16/h2-5,8,11,20H,6-7,9H2,1H3/t11-/m1/s1. The van der Waals surface area contributed by atoms with E-state index in [0.717, 1.165) is 11.4 Å². The van der Waals surface area contributed by atoms with Crippen molar-refractivity contribution < 1.29 is 9.90 Å². The summed E-state index contributed by atoms with van der Waals surface area (Å²) in [6, 6.07) is 9.12. The third-order valence-corrected chi connectivity index (χ3v) is 3.96. The highest BCUT2D eigenvalue weighted by Gasteiger charge is 2.27. The fourth-order valence-electron chi connectivity index (χ4n) is 2.53. The average Bonchev–Trinajstić information content (AvgIpc) is 3.05. The molecule has 1 atom stereocenters. The summed E-state index contributed by atoms with van der Waals surface area (Å²) in [6.45, 7) is 2.82. The molecule has 2 heterocycles. The van der Waals surface area contributed by atoms with Gasteiger partial charge < -0.3 is 10.0 Å². The molecular formula is C15H16ClN3O2. The highest BCUT2D eigenvalue weighted by Crippen LogP contribution is 2.22. The number of halogens is 1. The van der Waals surface area contributed by atoms with Gasteiger partial charge in [-0.1, -0.05) is 23.7 Å². The van der Waals surface area contributed by atoms with Crippen LogP contribution in [0.15, 0.2) is 30.3 Å². The van der Waals surface area contributed by atoms with Crippen molar-refractivity contribution in [2.45, 2.75) is 19.4 Å². The van der Waals surface area contributed by atoms with Gasteiger partial charge in [0.05, 0.1) is 16.8 Å². The predicted octanol–water partition coefficient (Wildman–Crippen LogP) is 2.04. The summed E-state index contributed by atoms with van der Waals surface area (Å²) >= 11 is 6.18. The van der Waals surface area contributed by atoms with Crippen LogP contribution in [-0.4, -0.2) is 44.9 Å². The number of aryl methyl sites for hydroxylation is 1. The Bertz CT molecular complexity index is 683. The van der Waals surface area contributed by atoms with E-state index >= 15 is 0 Å². The van der Waals surface area contributed by atoms with Gasteiger partial charge in [-0.15, -0.1) is 0 Å². The zero-order chi connectivity index (χ0) is 15.0. The molecule has 1 N–H and O–H groups in total. The second kappa shape index (κ2) is 5.50. The monoisotopic (exact) mass is 305 g/mol. The first-order chi connectivity index (χ1) is 10.1. The Labute approximate surface area is 127 Å². The molecule has 5 nitrogen and oxygen atoms in total. The first-order valence-corrected chi connectivity index (χ1v) is 7.23. The number of para-hydroxylation sites is 1. The van der Waals surface area contributed by atoms with Gasteiger partial charge in [0, 0.05) is 18.8 Å². The maximum absolute atomic E-state index is 12.4. The summed E-state index contributed by atoms with van der Waals surface area (Å²) < 4.78 is 1.67. The van der Waals surface area contributed by atoms with E-state index in [1.54, 1.807) is 21.7 Å². The van der Waals surface area contributed by atoms with Gasteiger partial charge in [0.15, 0.2) is 5.69 Å². The summed E-state index contributed by atoms with van der Waals surface area (Å²) in [6.07, 6.45) is 0.191. The molecule has 1 aromatic carbocycles. The molecule has 1 aliphatic heterocycles. The van der Waals surface area contributed by atoms with Crippen LogP contribution in [0.2, 0.25) is 5.02 Å². The van der Waals surface area contributed by atoms with Gasteiger partial charge in [0.25, 0.3) is 5.91 Å². The summed E-state index contributed by atoms with van der Waals surface area (Å²) in [5.74, 6) is -0.152. The number of likely N-dealkylation sites (tertiary alicyclic amines) is 1. The molecule has 0 unspecified atom stereocenters. The lowest BCUT2D eigenvalue weighted by Gasteiger charge is -2.13. The number of aliphatic hydroxyl groups excluding tert-OH is 1. The van der Waals surface area contributed by atoms with E-state index < -0.39 is 6.10 Å². The van der Waals surface area contributed by atoms with Crippen LogP contribution in [0.25, 0.3) is 5.69 Å². The Kier molecular flexibility index (Phi) is 3.69. The minimum absolute atomic E-state index is 0.152. The SMILES string of the molecule is Cc1cc(C(=O)N2CC[C@@H](O)C2)nn1-c1ccccc1Cl. The predicted molar refractivity (Wildman–Crippen MR) is 79.8 cm³/mol. The molecule has 1 fully saturated rings. The van der Waals surface area contributed by atoms with Crippen molar-refractivity contribution in [1.29, 1.82) is 0 Å². The zero-order valence-corrected chi connectivity index (χ0v) is 12.4.